The first-order chi connectivity index (χ1) is 12.4. The molecule has 0 aliphatic carbocycles. The van der Waals surface area contributed by atoms with Crippen LogP contribution in [0.5, 0.6) is 0 Å². The molecular weight excluding hydrogens is 355 g/mol. The van der Waals surface area contributed by atoms with Crippen LogP contribution >= 0.6 is 11.3 Å². The van der Waals surface area contributed by atoms with Crippen LogP contribution in [-0.2, 0) is 6.54 Å². The summed E-state index contributed by atoms with van der Waals surface area (Å²) in [7, 11) is 0. The van der Waals surface area contributed by atoms with E-state index < -0.39 is 11.7 Å². The largest absolute Gasteiger partial charge is 0.350 e. The molecular formula is C18H17FN4O2S. The van der Waals surface area contributed by atoms with Crippen molar-refractivity contribution < 1.29 is 9.18 Å². The lowest BCUT2D eigenvalue weighted by atomic mass is 10.2. The van der Waals surface area contributed by atoms with Crippen LogP contribution in [0, 0.1) is 19.7 Å². The summed E-state index contributed by atoms with van der Waals surface area (Å²) in [6.45, 7) is 4.23. The Morgan fingerprint density at radius 3 is 2.77 bits per heavy atom. The maximum Gasteiger partial charge on any atom is 0.266 e. The second kappa shape index (κ2) is 7.57. The molecule has 1 amide bonds. The fraction of sp³-hybridized carbons (Fsp3) is 0.222. The van der Waals surface area contributed by atoms with Crippen molar-refractivity contribution in [2.45, 2.75) is 20.4 Å². The van der Waals surface area contributed by atoms with Crippen LogP contribution < -0.4 is 10.9 Å². The summed E-state index contributed by atoms with van der Waals surface area (Å²) in [5.74, 6) is -0.874. The maximum absolute atomic E-state index is 13.2. The van der Waals surface area contributed by atoms with Crippen molar-refractivity contribution in [2.24, 2.45) is 0 Å². The second-order valence-electron chi connectivity index (χ2n) is 5.69. The monoisotopic (exact) mass is 372 g/mol. The Labute approximate surface area is 153 Å². The lowest BCUT2D eigenvalue weighted by Gasteiger charge is -2.08. The van der Waals surface area contributed by atoms with Gasteiger partial charge >= 0.3 is 0 Å². The van der Waals surface area contributed by atoms with Gasteiger partial charge in [0, 0.05) is 18.2 Å². The van der Waals surface area contributed by atoms with E-state index in [1.807, 2.05) is 13.8 Å². The molecule has 6 nitrogen and oxygen atoms in total. The van der Waals surface area contributed by atoms with E-state index in [9.17, 15) is 14.0 Å². The smallest absolute Gasteiger partial charge is 0.266 e. The van der Waals surface area contributed by atoms with Gasteiger partial charge in [-0.1, -0.05) is 6.07 Å². The SMILES string of the molecule is Cc1nc(C)c(-c2ccc(=O)n(CCNC(=O)c3cccc(F)c3)n2)s1. The van der Waals surface area contributed by atoms with E-state index in [0.29, 0.717) is 5.69 Å². The van der Waals surface area contributed by atoms with Crippen molar-refractivity contribution in [3.05, 3.63) is 68.8 Å². The number of halogens is 1. The zero-order valence-electron chi connectivity index (χ0n) is 14.3. The van der Waals surface area contributed by atoms with Crippen LogP contribution in [-0.4, -0.2) is 27.2 Å². The number of thiazole rings is 1. The zero-order valence-corrected chi connectivity index (χ0v) is 15.1. The fourth-order valence-corrected chi connectivity index (χ4v) is 3.39. The van der Waals surface area contributed by atoms with Gasteiger partial charge in [0.05, 0.1) is 22.1 Å². The van der Waals surface area contributed by atoms with Crippen molar-refractivity contribution in [2.75, 3.05) is 6.54 Å². The van der Waals surface area contributed by atoms with Crippen molar-refractivity contribution >= 4 is 17.2 Å². The van der Waals surface area contributed by atoms with E-state index >= 15 is 0 Å². The van der Waals surface area contributed by atoms with Gasteiger partial charge < -0.3 is 5.32 Å². The van der Waals surface area contributed by atoms with Gasteiger partial charge in [-0.25, -0.2) is 14.1 Å². The topological polar surface area (TPSA) is 76.9 Å². The number of aryl methyl sites for hydroxylation is 2. The number of nitrogens with zero attached hydrogens (tertiary/aromatic N) is 3. The van der Waals surface area contributed by atoms with E-state index in [4.69, 9.17) is 0 Å². The van der Waals surface area contributed by atoms with Crippen LogP contribution in [0.2, 0.25) is 0 Å². The highest BCUT2D eigenvalue weighted by Gasteiger charge is 2.11. The summed E-state index contributed by atoms with van der Waals surface area (Å²) in [6, 6.07) is 8.55. The first-order valence-electron chi connectivity index (χ1n) is 8.00. The van der Waals surface area contributed by atoms with Crippen molar-refractivity contribution in [3.8, 4) is 10.6 Å². The molecule has 1 N–H and O–H groups in total. The molecule has 0 radical (unpaired) electrons. The third-order valence-electron chi connectivity index (χ3n) is 3.70. The van der Waals surface area contributed by atoms with Crippen molar-refractivity contribution in [1.29, 1.82) is 0 Å². The van der Waals surface area contributed by atoms with E-state index in [1.54, 1.807) is 6.07 Å². The molecule has 0 aliphatic rings. The van der Waals surface area contributed by atoms with Crippen LogP contribution in [0.25, 0.3) is 10.6 Å². The molecule has 0 spiro atoms. The Kier molecular flexibility index (Phi) is 5.22. The first kappa shape index (κ1) is 17.9. The molecule has 0 unspecified atom stereocenters. The van der Waals surface area contributed by atoms with Crippen molar-refractivity contribution in [3.63, 3.8) is 0 Å². The molecule has 2 aromatic heterocycles. The molecule has 134 valence electrons. The van der Waals surface area contributed by atoms with Gasteiger partial charge in [0.25, 0.3) is 11.5 Å². The van der Waals surface area contributed by atoms with Crippen LogP contribution in [0.1, 0.15) is 21.1 Å². The average Bonchev–Trinajstić information content (AvgIpc) is 2.95. The van der Waals surface area contributed by atoms with E-state index in [-0.39, 0.29) is 24.2 Å². The molecule has 3 rings (SSSR count). The highest BCUT2D eigenvalue weighted by Crippen LogP contribution is 2.27. The predicted molar refractivity (Wildman–Crippen MR) is 97.8 cm³/mol. The maximum atomic E-state index is 13.2. The number of carbonyl (C=O) groups excluding carboxylic acids is 1. The van der Waals surface area contributed by atoms with Gasteiger partial charge in [-0.2, -0.15) is 5.10 Å². The first-order valence-corrected chi connectivity index (χ1v) is 8.82. The summed E-state index contributed by atoms with van der Waals surface area (Å²) in [5, 5.41) is 7.96. The molecule has 3 aromatic rings. The Bertz CT molecular complexity index is 1010. The summed E-state index contributed by atoms with van der Waals surface area (Å²) < 4.78 is 14.5. The predicted octanol–water partition coefficient (Wildman–Crippen LogP) is 2.55. The lowest BCUT2D eigenvalue weighted by molar-refractivity contribution is 0.0951. The number of amides is 1. The molecule has 0 bridgehead atoms. The van der Waals surface area contributed by atoms with Gasteiger partial charge in [-0.3, -0.25) is 9.59 Å². The third kappa shape index (κ3) is 4.02. The molecule has 0 fully saturated rings. The molecule has 26 heavy (non-hydrogen) atoms. The molecule has 0 saturated carbocycles. The summed E-state index contributed by atoms with van der Waals surface area (Å²) in [6.07, 6.45) is 0. The Hall–Kier alpha value is -2.87. The molecule has 0 aliphatic heterocycles. The molecule has 2 heterocycles. The second-order valence-corrected chi connectivity index (χ2v) is 6.90. The van der Waals surface area contributed by atoms with Crippen LogP contribution in [0.15, 0.2) is 41.2 Å². The molecule has 0 saturated heterocycles. The molecule has 8 heteroatoms. The Morgan fingerprint density at radius 1 is 1.27 bits per heavy atom. The summed E-state index contributed by atoms with van der Waals surface area (Å²) >= 11 is 1.52. The van der Waals surface area contributed by atoms with E-state index in [0.717, 1.165) is 21.6 Å². The minimum absolute atomic E-state index is 0.201. The number of aromatic nitrogens is 3. The van der Waals surface area contributed by atoms with Crippen LogP contribution in [0.4, 0.5) is 4.39 Å². The van der Waals surface area contributed by atoms with Gasteiger partial charge in [-0.05, 0) is 38.1 Å². The fourth-order valence-electron chi connectivity index (χ4n) is 2.51. The highest BCUT2D eigenvalue weighted by molar-refractivity contribution is 7.15. The number of rotatable bonds is 5. The van der Waals surface area contributed by atoms with Gasteiger partial charge in [0.15, 0.2) is 0 Å². The lowest BCUT2D eigenvalue weighted by Crippen LogP contribution is -2.32. The summed E-state index contributed by atoms with van der Waals surface area (Å²) in [4.78, 5) is 29.3. The average molecular weight is 372 g/mol. The number of hydrogen-bond acceptors (Lipinski definition) is 5. The van der Waals surface area contributed by atoms with Gasteiger partial charge in [-0.15, -0.1) is 11.3 Å². The molecule has 0 atom stereocenters. The minimum Gasteiger partial charge on any atom is -0.350 e. The standard InChI is InChI=1S/C18H17FN4O2S/c1-11-17(26-12(2)21-11)15-6-7-16(24)23(22-15)9-8-20-18(25)13-4-3-5-14(19)10-13/h3-7,10H,8-9H2,1-2H3,(H,20,25). The zero-order chi connectivity index (χ0) is 18.7. The Balaban J connectivity index is 1.70. The van der Waals surface area contributed by atoms with E-state index in [1.165, 1.54) is 40.3 Å². The number of carbonyl (C=O) groups is 1. The Morgan fingerprint density at radius 2 is 2.08 bits per heavy atom. The highest BCUT2D eigenvalue weighted by atomic mass is 32.1. The van der Waals surface area contributed by atoms with Crippen molar-refractivity contribution in [1.82, 2.24) is 20.1 Å². The molecule has 1 aromatic carbocycles. The van der Waals surface area contributed by atoms with Gasteiger partial charge in [0.1, 0.15) is 11.5 Å². The number of hydrogen-bond donors (Lipinski definition) is 1. The summed E-state index contributed by atoms with van der Waals surface area (Å²) in [5.41, 5.74) is 1.51. The quantitative estimate of drug-likeness (QED) is 0.747. The van der Waals surface area contributed by atoms with E-state index in [2.05, 4.69) is 15.4 Å². The normalized spacial score (nSPS) is 10.7. The van der Waals surface area contributed by atoms with Crippen LogP contribution in [0.3, 0.4) is 0 Å². The van der Waals surface area contributed by atoms with Gasteiger partial charge in [0.2, 0.25) is 0 Å². The third-order valence-corrected chi connectivity index (χ3v) is 4.79. The number of benzene rings is 1. The minimum atomic E-state index is -0.474. The number of nitrogens with one attached hydrogen (secondary N) is 1.